The van der Waals surface area contributed by atoms with E-state index in [4.69, 9.17) is 5.73 Å². The van der Waals surface area contributed by atoms with Crippen molar-refractivity contribution in [3.8, 4) is 0 Å². The van der Waals surface area contributed by atoms with Gasteiger partial charge in [-0.2, -0.15) is 0 Å². The molecule has 3 heterocycles. The molecular weight excluding hydrogens is 294 g/mol. The van der Waals surface area contributed by atoms with Crippen molar-refractivity contribution in [3.63, 3.8) is 0 Å². The zero-order valence-corrected chi connectivity index (χ0v) is 12.5. The fourth-order valence-corrected chi connectivity index (χ4v) is 2.65. The average Bonchev–Trinajstić information content (AvgIpc) is 2.62. The van der Waals surface area contributed by atoms with Crippen molar-refractivity contribution >= 4 is 11.8 Å². The molecule has 1 aliphatic heterocycles. The van der Waals surface area contributed by atoms with Gasteiger partial charge in [-0.15, -0.1) is 0 Å². The third kappa shape index (κ3) is 3.19. The molecule has 3 rings (SSSR count). The molecule has 0 saturated carbocycles. The summed E-state index contributed by atoms with van der Waals surface area (Å²) in [6.45, 7) is 2.00. The molecule has 2 aromatic heterocycles. The van der Waals surface area contributed by atoms with Gasteiger partial charge in [-0.3, -0.25) is 19.6 Å². The highest BCUT2D eigenvalue weighted by Crippen LogP contribution is 2.23. The monoisotopic (exact) mass is 311 g/mol. The van der Waals surface area contributed by atoms with Gasteiger partial charge in [0, 0.05) is 38.2 Å². The second-order valence-corrected chi connectivity index (χ2v) is 5.30. The lowest BCUT2D eigenvalue weighted by Gasteiger charge is -2.36. The molecule has 0 aromatic carbocycles. The van der Waals surface area contributed by atoms with Gasteiger partial charge in [-0.25, -0.2) is 0 Å². The largest absolute Gasteiger partial charge is 0.364 e. The van der Waals surface area contributed by atoms with Gasteiger partial charge in [-0.05, 0) is 23.8 Å². The third-order valence-electron chi connectivity index (χ3n) is 3.84. The Hall–Kier alpha value is -2.80. The van der Waals surface area contributed by atoms with Gasteiger partial charge in [0.15, 0.2) is 0 Å². The normalized spacial score (nSPS) is 17.7. The first-order valence-corrected chi connectivity index (χ1v) is 7.34. The second-order valence-electron chi connectivity index (χ2n) is 5.30. The van der Waals surface area contributed by atoms with Gasteiger partial charge in [0.2, 0.25) is 0 Å². The summed E-state index contributed by atoms with van der Waals surface area (Å²) < 4.78 is 0. The molecule has 2 amide bonds. The Kier molecular flexibility index (Phi) is 4.29. The summed E-state index contributed by atoms with van der Waals surface area (Å²) in [5.41, 5.74) is 6.73. The van der Waals surface area contributed by atoms with Crippen molar-refractivity contribution < 1.29 is 9.59 Å². The molecule has 23 heavy (non-hydrogen) atoms. The predicted octanol–water partition coefficient (Wildman–Crippen LogP) is 0.362. The highest BCUT2D eigenvalue weighted by atomic mass is 16.2. The molecule has 1 atom stereocenters. The minimum Gasteiger partial charge on any atom is -0.364 e. The van der Waals surface area contributed by atoms with Crippen LogP contribution in [-0.4, -0.2) is 46.3 Å². The van der Waals surface area contributed by atoms with E-state index < -0.39 is 5.91 Å². The van der Waals surface area contributed by atoms with Crippen LogP contribution in [0.25, 0.3) is 0 Å². The lowest BCUT2D eigenvalue weighted by molar-refractivity contribution is 0.0633. The Bertz CT molecular complexity index is 702. The number of piperazine rings is 1. The Morgan fingerprint density at radius 3 is 2.78 bits per heavy atom. The Balaban J connectivity index is 1.85. The first-order chi connectivity index (χ1) is 11.2. The van der Waals surface area contributed by atoms with Crippen LogP contribution in [-0.2, 0) is 0 Å². The number of nitrogens with two attached hydrogens (primary N) is 1. The quantitative estimate of drug-likeness (QED) is 0.852. The number of carbonyl (C=O) groups excluding carboxylic acids is 2. The SMILES string of the molecule is NC(=O)c1ccc(C(=O)N2CCNCC2c2cccnc2)cn1. The summed E-state index contributed by atoms with van der Waals surface area (Å²) >= 11 is 0. The number of hydrogen-bond acceptors (Lipinski definition) is 5. The molecule has 0 bridgehead atoms. The Labute approximate surface area is 133 Å². The summed E-state index contributed by atoms with van der Waals surface area (Å²) in [6.07, 6.45) is 4.87. The summed E-state index contributed by atoms with van der Waals surface area (Å²) in [5, 5.41) is 3.30. The molecule has 7 heteroatoms. The number of hydrogen-bond donors (Lipinski definition) is 2. The molecule has 3 N–H and O–H groups in total. The van der Waals surface area contributed by atoms with Crippen LogP contribution in [0, 0.1) is 0 Å². The van der Waals surface area contributed by atoms with Crippen LogP contribution < -0.4 is 11.1 Å². The van der Waals surface area contributed by atoms with Gasteiger partial charge in [0.05, 0.1) is 11.6 Å². The van der Waals surface area contributed by atoms with E-state index >= 15 is 0 Å². The highest BCUT2D eigenvalue weighted by molar-refractivity contribution is 5.96. The van der Waals surface area contributed by atoms with E-state index in [0.717, 1.165) is 12.1 Å². The summed E-state index contributed by atoms with van der Waals surface area (Å²) in [5.74, 6) is -0.733. The zero-order chi connectivity index (χ0) is 16.2. The smallest absolute Gasteiger partial charge is 0.267 e. The van der Waals surface area contributed by atoms with Crippen LogP contribution >= 0.6 is 0 Å². The van der Waals surface area contributed by atoms with Crippen molar-refractivity contribution in [1.29, 1.82) is 0 Å². The molecule has 1 saturated heterocycles. The minimum atomic E-state index is -0.612. The van der Waals surface area contributed by atoms with E-state index in [-0.39, 0.29) is 17.6 Å². The molecule has 7 nitrogen and oxygen atoms in total. The van der Waals surface area contributed by atoms with Crippen LogP contribution in [0.15, 0.2) is 42.9 Å². The zero-order valence-electron chi connectivity index (χ0n) is 12.5. The molecule has 0 spiro atoms. The van der Waals surface area contributed by atoms with Gasteiger partial charge in [0.1, 0.15) is 5.69 Å². The van der Waals surface area contributed by atoms with Crippen molar-refractivity contribution in [2.75, 3.05) is 19.6 Å². The van der Waals surface area contributed by atoms with E-state index in [1.54, 1.807) is 23.4 Å². The molecule has 0 radical (unpaired) electrons. The molecule has 118 valence electrons. The highest BCUT2D eigenvalue weighted by Gasteiger charge is 2.28. The van der Waals surface area contributed by atoms with Gasteiger partial charge in [0.25, 0.3) is 11.8 Å². The van der Waals surface area contributed by atoms with E-state index in [9.17, 15) is 9.59 Å². The van der Waals surface area contributed by atoms with Crippen molar-refractivity contribution in [2.45, 2.75) is 6.04 Å². The fraction of sp³-hybridized carbons (Fsp3) is 0.250. The van der Waals surface area contributed by atoms with Crippen LogP contribution in [0.1, 0.15) is 32.5 Å². The summed E-state index contributed by atoms with van der Waals surface area (Å²) in [6, 6.07) is 6.78. The van der Waals surface area contributed by atoms with E-state index in [2.05, 4.69) is 15.3 Å². The first kappa shape index (κ1) is 15.1. The maximum atomic E-state index is 12.8. The number of pyridine rings is 2. The average molecular weight is 311 g/mol. The van der Waals surface area contributed by atoms with E-state index in [1.807, 2.05) is 12.1 Å². The van der Waals surface area contributed by atoms with Gasteiger partial charge < -0.3 is 16.0 Å². The van der Waals surface area contributed by atoms with E-state index in [1.165, 1.54) is 12.3 Å². The minimum absolute atomic E-state index is 0.0826. The molecular formula is C16H17N5O2. The fourth-order valence-electron chi connectivity index (χ4n) is 2.65. The standard InChI is InChI=1S/C16H17N5O2/c17-15(22)13-4-3-12(9-20-13)16(23)21-7-6-19-10-14(21)11-2-1-5-18-8-11/h1-5,8-9,14,19H,6-7,10H2,(H2,17,22). The number of nitrogens with one attached hydrogen (secondary N) is 1. The van der Waals surface area contributed by atoms with Crippen molar-refractivity contribution in [1.82, 2.24) is 20.2 Å². The van der Waals surface area contributed by atoms with Crippen LogP contribution in [0.5, 0.6) is 0 Å². The lowest BCUT2D eigenvalue weighted by atomic mass is 10.0. The number of primary amides is 1. The Morgan fingerprint density at radius 1 is 1.26 bits per heavy atom. The Morgan fingerprint density at radius 2 is 2.13 bits per heavy atom. The number of carbonyl (C=O) groups is 2. The predicted molar refractivity (Wildman–Crippen MR) is 83.6 cm³/mol. The van der Waals surface area contributed by atoms with E-state index in [0.29, 0.717) is 18.7 Å². The number of nitrogens with zero attached hydrogens (tertiary/aromatic N) is 3. The number of rotatable bonds is 3. The van der Waals surface area contributed by atoms with Gasteiger partial charge >= 0.3 is 0 Å². The summed E-state index contributed by atoms with van der Waals surface area (Å²) in [7, 11) is 0. The number of amides is 2. The second kappa shape index (κ2) is 6.53. The molecule has 1 aliphatic rings. The maximum absolute atomic E-state index is 12.8. The molecule has 1 fully saturated rings. The molecule has 2 aromatic rings. The molecule has 1 unspecified atom stereocenters. The third-order valence-corrected chi connectivity index (χ3v) is 3.84. The van der Waals surface area contributed by atoms with Crippen molar-refractivity contribution in [3.05, 3.63) is 59.7 Å². The maximum Gasteiger partial charge on any atom is 0.267 e. The number of aromatic nitrogens is 2. The van der Waals surface area contributed by atoms with Crippen molar-refractivity contribution in [2.24, 2.45) is 5.73 Å². The molecule has 0 aliphatic carbocycles. The van der Waals surface area contributed by atoms with Crippen LogP contribution in [0.4, 0.5) is 0 Å². The van der Waals surface area contributed by atoms with Gasteiger partial charge in [-0.1, -0.05) is 6.07 Å². The first-order valence-electron chi connectivity index (χ1n) is 7.34. The van der Waals surface area contributed by atoms with Crippen LogP contribution in [0.2, 0.25) is 0 Å². The lowest BCUT2D eigenvalue weighted by Crippen LogP contribution is -2.48. The van der Waals surface area contributed by atoms with Crippen LogP contribution in [0.3, 0.4) is 0 Å². The topological polar surface area (TPSA) is 101 Å². The summed E-state index contributed by atoms with van der Waals surface area (Å²) in [4.78, 5) is 33.7.